The van der Waals surface area contributed by atoms with Crippen molar-refractivity contribution in [1.82, 2.24) is 35.1 Å². The van der Waals surface area contributed by atoms with Gasteiger partial charge in [0.15, 0.2) is 0 Å². The third-order valence-corrected chi connectivity index (χ3v) is 12.1. The molecule has 3 heterocycles. The molecule has 2 atom stereocenters. The van der Waals surface area contributed by atoms with Crippen molar-refractivity contribution >= 4 is 36.0 Å². The zero-order chi connectivity index (χ0) is 54.2. The third kappa shape index (κ3) is 21.9. The summed E-state index contributed by atoms with van der Waals surface area (Å²) in [5, 5.41) is 23.9. The largest absolute Gasteiger partial charge is 0.508 e. The monoisotopic (exact) mass is 1000 g/mol. The summed E-state index contributed by atoms with van der Waals surface area (Å²) in [5.74, 6) is -0.0866. The van der Waals surface area contributed by atoms with Crippen LogP contribution in [0.1, 0.15) is 124 Å². The Balaban J connectivity index is 0.000000926. The van der Waals surface area contributed by atoms with Crippen molar-refractivity contribution in [3.8, 4) is 28.1 Å². The maximum atomic E-state index is 13.1. The second-order valence-electron chi connectivity index (χ2n) is 19.5. The Hall–Kier alpha value is -5.19. The summed E-state index contributed by atoms with van der Waals surface area (Å²) in [6.07, 6.45) is 14.8. The molecule has 1 saturated heterocycles. The summed E-state index contributed by atoms with van der Waals surface area (Å²) in [7, 11) is 8.44. The number of carbonyl (C=O) groups excluding carboxylic acids is 4. The third-order valence-electron chi connectivity index (χ3n) is 12.1. The maximum absolute atomic E-state index is 13.1. The number of hydrazine groups is 1. The Labute approximate surface area is 433 Å². The topological polar surface area (TPSA) is 179 Å². The number of hydrogen-bond acceptors (Lipinski definition) is 12. The Kier molecular flexibility index (Phi) is 32.3. The lowest BCUT2D eigenvalue weighted by molar-refractivity contribution is -0.131. The van der Waals surface area contributed by atoms with Gasteiger partial charge in [0, 0.05) is 88.3 Å². The SMILES string of the molecule is CCCC.CCCCN(C=O)CCC.CCn1c(-c2cnccc2COC)c(CC(C)(C)COC=O)c2cc(-c3cc(O)cc(CC(C=O)NC(=O)C(C(C)C)N(C)C)c3)ccc21.CN1CCCCN1.CO. The predicted octanol–water partition coefficient (Wildman–Crippen LogP) is 9.08. The van der Waals surface area contributed by atoms with Crippen molar-refractivity contribution in [3.05, 3.63) is 71.5 Å². The van der Waals surface area contributed by atoms with E-state index in [2.05, 4.69) is 92.9 Å². The highest BCUT2D eigenvalue weighted by molar-refractivity contribution is 5.95. The van der Waals surface area contributed by atoms with Crippen molar-refractivity contribution in [1.29, 1.82) is 0 Å². The molecule has 15 heteroatoms. The maximum Gasteiger partial charge on any atom is 0.293 e. The first-order valence-electron chi connectivity index (χ1n) is 26.0. The molecule has 1 aliphatic rings. The molecular formula is C57H93N7O8. The molecule has 2 aromatic heterocycles. The summed E-state index contributed by atoms with van der Waals surface area (Å²) in [6, 6.07) is 12.4. The van der Waals surface area contributed by atoms with Gasteiger partial charge in [0.25, 0.3) is 6.47 Å². The van der Waals surface area contributed by atoms with Crippen molar-refractivity contribution in [2.45, 2.75) is 145 Å². The number of likely N-dealkylation sites (N-methyl/N-ethyl adjacent to an activating group) is 1. The van der Waals surface area contributed by atoms with Gasteiger partial charge < -0.3 is 39.3 Å². The lowest BCUT2D eigenvalue weighted by atomic mass is 9.84. The van der Waals surface area contributed by atoms with Crippen molar-refractivity contribution in [2.24, 2.45) is 11.3 Å². The first-order valence-corrected chi connectivity index (χ1v) is 26.0. The van der Waals surface area contributed by atoms with Crippen LogP contribution in [0.25, 0.3) is 33.3 Å². The number of rotatable bonds is 24. The fourth-order valence-electron chi connectivity index (χ4n) is 8.56. The zero-order valence-corrected chi connectivity index (χ0v) is 46.6. The number of carbonyl (C=O) groups is 4. The summed E-state index contributed by atoms with van der Waals surface area (Å²) < 4.78 is 13.1. The molecule has 0 spiro atoms. The van der Waals surface area contributed by atoms with Crippen molar-refractivity contribution in [3.63, 3.8) is 0 Å². The minimum absolute atomic E-state index is 0.0606. The van der Waals surface area contributed by atoms with E-state index in [9.17, 15) is 24.3 Å². The van der Waals surface area contributed by atoms with Gasteiger partial charge in [0.05, 0.1) is 31.0 Å². The van der Waals surface area contributed by atoms with Crippen LogP contribution >= 0.6 is 0 Å². The van der Waals surface area contributed by atoms with Crippen molar-refractivity contribution in [2.75, 3.05) is 68.1 Å². The molecular weight excluding hydrogens is 911 g/mol. The highest BCUT2D eigenvalue weighted by atomic mass is 16.5. The van der Waals surface area contributed by atoms with Crippen LogP contribution in [0.15, 0.2) is 54.9 Å². The lowest BCUT2D eigenvalue weighted by Gasteiger charge is -2.28. The molecule has 72 heavy (non-hydrogen) atoms. The number of aryl methyl sites for hydroxylation is 1. The van der Waals surface area contributed by atoms with Crippen LogP contribution in [-0.4, -0.2) is 140 Å². The minimum atomic E-state index is -0.754. The lowest BCUT2D eigenvalue weighted by Crippen LogP contribution is -2.50. The van der Waals surface area contributed by atoms with E-state index in [-0.39, 0.29) is 42.1 Å². The van der Waals surface area contributed by atoms with E-state index in [0.717, 1.165) is 109 Å². The average Bonchev–Trinajstić information content (AvgIpc) is 3.66. The van der Waals surface area contributed by atoms with E-state index in [4.69, 9.17) is 14.6 Å². The summed E-state index contributed by atoms with van der Waals surface area (Å²) in [4.78, 5) is 54.8. The molecule has 0 radical (unpaired) electrons. The number of benzene rings is 2. The molecule has 1 aliphatic heterocycles. The Bertz CT molecular complexity index is 2140. The van der Waals surface area contributed by atoms with Crippen LogP contribution in [-0.2, 0) is 54.6 Å². The highest BCUT2D eigenvalue weighted by Crippen LogP contribution is 2.41. The Morgan fingerprint density at radius 1 is 0.944 bits per heavy atom. The van der Waals surface area contributed by atoms with Crippen LogP contribution in [0.2, 0.25) is 0 Å². The van der Waals surface area contributed by atoms with Crippen LogP contribution in [0.4, 0.5) is 0 Å². The number of aliphatic hydroxyl groups is 1. The number of amides is 2. The molecule has 2 unspecified atom stereocenters. The van der Waals surface area contributed by atoms with E-state index in [1.165, 1.54) is 32.2 Å². The number of ether oxygens (including phenoxy) is 2. The number of aromatic hydroxyl groups is 1. The smallest absolute Gasteiger partial charge is 0.293 e. The number of nitrogens with zero attached hydrogens (tertiary/aromatic N) is 5. The number of fused-ring (bicyclic) bond motifs is 1. The molecule has 5 rings (SSSR count). The number of phenols is 1. The number of nitrogens with one attached hydrogen (secondary N) is 2. The summed E-state index contributed by atoms with van der Waals surface area (Å²) in [5.41, 5.74) is 10.4. The quantitative estimate of drug-likeness (QED) is 0.0491. The second kappa shape index (κ2) is 35.8. The second-order valence-corrected chi connectivity index (χ2v) is 19.5. The van der Waals surface area contributed by atoms with Gasteiger partial charge in [-0.2, -0.15) is 0 Å². The zero-order valence-electron chi connectivity index (χ0n) is 46.6. The van der Waals surface area contributed by atoms with E-state index in [1.807, 2.05) is 62.1 Å². The first-order chi connectivity index (χ1) is 34.5. The molecule has 15 nitrogen and oxygen atoms in total. The Morgan fingerprint density at radius 3 is 2.17 bits per heavy atom. The number of aromatic nitrogens is 2. The number of hydrogen-bond donors (Lipinski definition) is 4. The summed E-state index contributed by atoms with van der Waals surface area (Å²) >= 11 is 0. The molecule has 4 N–H and O–H groups in total. The highest BCUT2D eigenvalue weighted by Gasteiger charge is 2.29. The van der Waals surface area contributed by atoms with Crippen LogP contribution in [0.5, 0.6) is 5.75 Å². The van der Waals surface area contributed by atoms with Crippen LogP contribution < -0.4 is 10.7 Å². The molecule has 1 fully saturated rings. The number of methoxy groups -OCH3 is 1. The number of unbranched alkanes of at least 4 members (excludes halogenated alkanes) is 2. The van der Waals surface area contributed by atoms with E-state index in [0.29, 0.717) is 26.0 Å². The Morgan fingerprint density at radius 2 is 1.65 bits per heavy atom. The fraction of sp³-hybridized carbons (Fsp3) is 0.596. The fourth-order valence-corrected chi connectivity index (χ4v) is 8.56. The van der Waals surface area contributed by atoms with Gasteiger partial charge in [-0.3, -0.25) is 29.7 Å². The van der Waals surface area contributed by atoms with Crippen molar-refractivity contribution < 1.29 is 38.9 Å². The molecule has 0 saturated carbocycles. The molecule has 404 valence electrons. The van der Waals surface area contributed by atoms with Gasteiger partial charge in [-0.05, 0) is 124 Å². The van der Waals surface area contributed by atoms with Crippen LogP contribution in [0, 0.1) is 11.3 Å². The first kappa shape index (κ1) is 64.8. The summed E-state index contributed by atoms with van der Waals surface area (Å²) in [6.45, 7) is 24.8. The van der Waals surface area contributed by atoms with Gasteiger partial charge >= 0.3 is 0 Å². The standard InChI is InChI=1S/C39H50N4O6.C8H17NO.C5H12N2.C4H10.CH4O/c1-9-43-35-11-10-27(29-14-26(16-31(46)17-29)15-30(21-44)41-38(47)36(25(2)3)42(6)7)18-32(35)33(19-39(4,5)23-49-24-45)37(43)34-20-40-13-12-28(34)22-48-8;1-3-5-7-9(8-10)6-4-2;1-7-5-3-2-4-6-7;1-3-4-2;1-2/h10-14,16-18,20-21,24-25,30,36,46H,9,15,19,22-23H2,1-8H3,(H,41,47);8H,3-7H2,1-2H3;6H,2-5H2,1H3;3-4H2,1-2H3;2H,1H3. The number of aliphatic hydroxyl groups excluding tert-OH is 1. The van der Waals surface area contributed by atoms with Crippen LogP contribution in [0.3, 0.4) is 0 Å². The van der Waals surface area contributed by atoms with E-state index < -0.39 is 6.04 Å². The molecule has 0 bridgehead atoms. The van der Waals surface area contributed by atoms with E-state index in [1.54, 1.807) is 25.4 Å². The molecule has 4 aromatic rings. The average molecular weight is 1000 g/mol. The predicted molar refractivity (Wildman–Crippen MR) is 294 cm³/mol. The van der Waals surface area contributed by atoms with Gasteiger partial charge in [-0.25, -0.2) is 5.01 Å². The minimum Gasteiger partial charge on any atom is -0.508 e. The number of aldehydes is 1. The number of pyridine rings is 1. The van der Waals surface area contributed by atoms with Gasteiger partial charge in [0.1, 0.15) is 12.0 Å². The van der Waals surface area contributed by atoms with E-state index >= 15 is 0 Å². The van der Waals surface area contributed by atoms with Gasteiger partial charge in [-0.15, -0.1) is 0 Å². The van der Waals surface area contributed by atoms with Gasteiger partial charge in [-0.1, -0.05) is 86.8 Å². The molecule has 0 aliphatic carbocycles. The molecule has 2 amide bonds. The normalized spacial score (nSPS) is 13.2. The number of phenolic OH excluding ortho intramolecular Hbond substituents is 1. The molecule has 2 aromatic carbocycles. The van der Waals surface area contributed by atoms with Gasteiger partial charge in [0.2, 0.25) is 12.3 Å².